The first-order valence-corrected chi connectivity index (χ1v) is 17.7. The molecule has 1 aliphatic rings. The Balaban J connectivity index is 1.61. The largest absolute Gasteiger partial charge is 0.352 e. The number of amides is 2. The van der Waals surface area contributed by atoms with E-state index < -0.39 is 16.1 Å². The van der Waals surface area contributed by atoms with E-state index in [9.17, 15) is 18.0 Å². The molecular weight excluding hydrogens is 594 g/mol. The number of benzene rings is 3. The Labute approximate surface area is 267 Å². The topological polar surface area (TPSA) is 86.8 Å². The van der Waals surface area contributed by atoms with E-state index in [0.717, 1.165) is 54.2 Å². The van der Waals surface area contributed by atoms with Gasteiger partial charge in [0.2, 0.25) is 21.8 Å². The Morgan fingerprint density at radius 1 is 0.932 bits per heavy atom. The zero-order valence-electron chi connectivity index (χ0n) is 26.0. The predicted molar refractivity (Wildman–Crippen MR) is 178 cm³/mol. The van der Waals surface area contributed by atoms with E-state index in [1.807, 2.05) is 68.4 Å². The molecule has 0 saturated heterocycles. The van der Waals surface area contributed by atoms with Crippen LogP contribution in [0.3, 0.4) is 0 Å². The number of hydrogen-bond donors (Lipinski definition) is 1. The molecule has 0 heterocycles. The molecule has 3 aromatic carbocycles. The smallest absolute Gasteiger partial charge is 0.243 e. The second-order valence-corrected chi connectivity index (χ2v) is 14.2. The van der Waals surface area contributed by atoms with Gasteiger partial charge in [0.25, 0.3) is 0 Å². The lowest BCUT2D eigenvalue weighted by Crippen LogP contribution is -2.53. The van der Waals surface area contributed by atoms with Gasteiger partial charge >= 0.3 is 0 Å². The monoisotopic (exact) mass is 637 g/mol. The Morgan fingerprint density at radius 2 is 1.61 bits per heavy atom. The van der Waals surface area contributed by atoms with E-state index in [1.165, 1.54) is 10.7 Å². The molecule has 7 nitrogen and oxygen atoms in total. The lowest BCUT2D eigenvalue weighted by molar-refractivity contribution is -0.141. The summed E-state index contributed by atoms with van der Waals surface area (Å²) in [4.78, 5) is 29.8. The second kappa shape index (κ2) is 15.6. The molecule has 2 amide bonds. The molecule has 3 aromatic rings. The fourth-order valence-corrected chi connectivity index (χ4v) is 7.08. The number of rotatable bonds is 13. The standard InChI is InChI=1S/C35H44ClN3O4S/c1-26-13-10-11-16-29(26)25-38(33(23-28-14-6-4-7-15-28)35(41)37-31-17-8-5-9-18-31)34(40)19-12-22-39(44(3,42)43)32-24-30(36)21-20-27(32)2/h4,6-7,10-11,13-16,20-21,24,31,33H,5,8-9,12,17-19,22-23,25H2,1-3H3,(H,37,41). The van der Waals surface area contributed by atoms with E-state index in [0.29, 0.717) is 17.1 Å². The van der Waals surface area contributed by atoms with Gasteiger partial charge in [-0.25, -0.2) is 8.42 Å². The quantitative estimate of drug-likeness (QED) is 0.229. The van der Waals surface area contributed by atoms with E-state index in [2.05, 4.69) is 5.32 Å². The average molecular weight is 638 g/mol. The first-order chi connectivity index (χ1) is 21.0. The van der Waals surface area contributed by atoms with Crippen LogP contribution in [0.15, 0.2) is 72.8 Å². The summed E-state index contributed by atoms with van der Waals surface area (Å²) < 4.78 is 26.9. The maximum atomic E-state index is 14.1. The minimum absolute atomic E-state index is 0.0828. The zero-order valence-corrected chi connectivity index (χ0v) is 27.5. The molecule has 0 spiro atoms. The van der Waals surface area contributed by atoms with Gasteiger partial charge in [0, 0.05) is 37.0 Å². The molecule has 0 radical (unpaired) electrons. The maximum Gasteiger partial charge on any atom is 0.243 e. The summed E-state index contributed by atoms with van der Waals surface area (Å²) in [6.07, 6.45) is 7.14. The first kappa shape index (κ1) is 33.5. The summed E-state index contributed by atoms with van der Waals surface area (Å²) in [5.74, 6) is -0.334. The number of halogens is 1. The number of hydrogen-bond acceptors (Lipinski definition) is 4. The number of anilines is 1. The zero-order chi connectivity index (χ0) is 31.7. The summed E-state index contributed by atoms with van der Waals surface area (Å²) in [6.45, 7) is 4.23. The molecule has 0 bridgehead atoms. The van der Waals surface area contributed by atoms with Crippen molar-refractivity contribution in [2.75, 3.05) is 17.1 Å². The second-order valence-electron chi connectivity index (χ2n) is 11.9. The van der Waals surface area contributed by atoms with Gasteiger partial charge in [0.15, 0.2) is 0 Å². The molecular formula is C35H44ClN3O4S. The van der Waals surface area contributed by atoms with Crippen molar-refractivity contribution in [2.24, 2.45) is 0 Å². The first-order valence-electron chi connectivity index (χ1n) is 15.4. The van der Waals surface area contributed by atoms with Crippen molar-refractivity contribution in [3.63, 3.8) is 0 Å². The van der Waals surface area contributed by atoms with Crippen molar-refractivity contribution >= 4 is 39.1 Å². The van der Waals surface area contributed by atoms with Gasteiger partial charge in [-0.15, -0.1) is 0 Å². The molecule has 0 aromatic heterocycles. The molecule has 1 saturated carbocycles. The summed E-state index contributed by atoms with van der Waals surface area (Å²) in [7, 11) is -3.63. The van der Waals surface area contributed by atoms with Gasteiger partial charge in [-0.3, -0.25) is 13.9 Å². The number of aryl methyl sites for hydroxylation is 2. The van der Waals surface area contributed by atoms with E-state index >= 15 is 0 Å². The Hall–Kier alpha value is -3.36. The molecule has 44 heavy (non-hydrogen) atoms. The highest BCUT2D eigenvalue weighted by atomic mass is 35.5. The van der Waals surface area contributed by atoms with Crippen molar-refractivity contribution < 1.29 is 18.0 Å². The minimum atomic E-state index is -3.63. The molecule has 1 atom stereocenters. The van der Waals surface area contributed by atoms with Crippen LogP contribution < -0.4 is 9.62 Å². The van der Waals surface area contributed by atoms with Gasteiger partial charge in [-0.05, 0) is 67.5 Å². The van der Waals surface area contributed by atoms with Crippen molar-refractivity contribution in [1.29, 1.82) is 0 Å². The van der Waals surface area contributed by atoms with Crippen LogP contribution >= 0.6 is 11.6 Å². The van der Waals surface area contributed by atoms with Gasteiger partial charge < -0.3 is 10.2 Å². The Kier molecular flexibility index (Phi) is 11.9. The predicted octanol–water partition coefficient (Wildman–Crippen LogP) is 6.59. The van der Waals surface area contributed by atoms with Crippen LogP contribution in [0.2, 0.25) is 5.02 Å². The SMILES string of the molecule is Cc1ccccc1CN(C(=O)CCCN(c1cc(Cl)ccc1C)S(C)(=O)=O)C(Cc1ccccc1)C(=O)NC1CCCCC1. The Bertz CT molecular complexity index is 1520. The molecule has 0 aliphatic heterocycles. The number of nitrogens with one attached hydrogen (secondary N) is 1. The van der Waals surface area contributed by atoms with Crippen LogP contribution in [0.4, 0.5) is 5.69 Å². The van der Waals surface area contributed by atoms with E-state index in [1.54, 1.807) is 23.1 Å². The molecule has 1 fully saturated rings. The van der Waals surface area contributed by atoms with E-state index in [-0.39, 0.29) is 43.8 Å². The highest BCUT2D eigenvalue weighted by Gasteiger charge is 2.32. The van der Waals surface area contributed by atoms with Crippen molar-refractivity contribution in [3.8, 4) is 0 Å². The summed E-state index contributed by atoms with van der Waals surface area (Å²) in [6, 6.07) is 22.2. The third-order valence-corrected chi connectivity index (χ3v) is 9.83. The number of carbonyl (C=O) groups is 2. The van der Waals surface area contributed by atoms with Crippen LogP contribution in [0.25, 0.3) is 0 Å². The summed E-state index contributed by atoms with van der Waals surface area (Å²) in [5.41, 5.74) is 4.25. The van der Waals surface area contributed by atoms with Crippen molar-refractivity contribution in [1.82, 2.24) is 10.2 Å². The number of sulfonamides is 1. The Morgan fingerprint density at radius 3 is 2.30 bits per heavy atom. The van der Waals surface area contributed by atoms with Crippen molar-refractivity contribution in [2.45, 2.75) is 83.8 Å². The van der Waals surface area contributed by atoms with Gasteiger partial charge in [0.05, 0.1) is 11.9 Å². The summed E-state index contributed by atoms with van der Waals surface area (Å²) >= 11 is 6.21. The number of nitrogens with zero attached hydrogens (tertiary/aromatic N) is 2. The molecule has 1 N–H and O–H groups in total. The lowest BCUT2D eigenvalue weighted by atomic mass is 9.94. The molecule has 4 rings (SSSR count). The third-order valence-electron chi connectivity index (χ3n) is 8.42. The fraction of sp³-hybridized carbons (Fsp3) is 0.429. The minimum Gasteiger partial charge on any atom is -0.352 e. The molecule has 236 valence electrons. The highest BCUT2D eigenvalue weighted by molar-refractivity contribution is 7.92. The lowest BCUT2D eigenvalue weighted by Gasteiger charge is -2.34. The van der Waals surface area contributed by atoms with Crippen molar-refractivity contribution in [3.05, 3.63) is 100 Å². The van der Waals surface area contributed by atoms with Gasteiger partial charge in [-0.2, -0.15) is 0 Å². The van der Waals surface area contributed by atoms with Crippen LogP contribution in [-0.2, 0) is 32.6 Å². The molecule has 1 aliphatic carbocycles. The van der Waals surface area contributed by atoms with Gasteiger partial charge in [0.1, 0.15) is 6.04 Å². The van der Waals surface area contributed by atoms with Crippen LogP contribution in [0.1, 0.15) is 67.2 Å². The van der Waals surface area contributed by atoms with Crippen LogP contribution in [0.5, 0.6) is 0 Å². The van der Waals surface area contributed by atoms with Gasteiger partial charge in [-0.1, -0.05) is 91.5 Å². The maximum absolute atomic E-state index is 14.1. The number of carbonyl (C=O) groups excluding carboxylic acids is 2. The highest BCUT2D eigenvalue weighted by Crippen LogP contribution is 2.27. The average Bonchev–Trinajstić information content (AvgIpc) is 2.99. The molecule has 9 heteroatoms. The third kappa shape index (κ3) is 9.32. The van der Waals surface area contributed by atoms with Crippen LogP contribution in [0, 0.1) is 13.8 Å². The normalized spacial score (nSPS) is 14.5. The van der Waals surface area contributed by atoms with Crippen LogP contribution in [-0.4, -0.2) is 50.0 Å². The molecule has 1 unspecified atom stereocenters. The summed E-state index contributed by atoms with van der Waals surface area (Å²) in [5, 5.41) is 3.71. The van der Waals surface area contributed by atoms with E-state index in [4.69, 9.17) is 11.6 Å². The fourth-order valence-electron chi connectivity index (χ4n) is 5.90.